The molecule has 1 unspecified atom stereocenters. The number of hydrogen-bond donors (Lipinski definition) is 6. The molecular formula is C24H46N2O14S3. The van der Waals surface area contributed by atoms with Crippen molar-refractivity contribution in [1.29, 1.82) is 0 Å². The van der Waals surface area contributed by atoms with Gasteiger partial charge in [0.05, 0.1) is 30.5 Å². The van der Waals surface area contributed by atoms with Crippen LogP contribution in [0.25, 0.3) is 0 Å². The van der Waals surface area contributed by atoms with Crippen LogP contribution in [0.5, 0.6) is 0 Å². The van der Waals surface area contributed by atoms with E-state index in [0.717, 1.165) is 45.2 Å². The smallest absolute Gasteiger partial charge is 0.264 e. The molecule has 1 aliphatic rings. The lowest BCUT2D eigenvalue weighted by molar-refractivity contribution is -0.00222. The van der Waals surface area contributed by atoms with Crippen LogP contribution in [-0.2, 0) is 49.4 Å². The van der Waals surface area contributed by atoms with E-state index in [1.54, 1.807) is 0 Å². The number of hydroxylamine groups is 1. The van der Waals surface area contributed by atoms with Crippen molar-refractivity contribution in [3.8, 4) is 0 Å². The summed E-state index contributed by atoms with van der Waals surface area (Å²) in [6.07, 6.45) is 5.15. The molecule has 0 saturated heterocycles. The van der Waals surface area contributed by atoms with E-state index in [2.05, 4.69) is 10.8 Å². The van der Waals surface area contributed by atoms with Crippen LogP contribution in [0.4, 0.5) is 0 Å². The van der Waals surface area contributed by atoms with Gasteiger partial charge in [-0.15, -0.1) is 0 Å². The Kier molecular flexibility index (Phi) is 19.5. The third kappa shape index (κ3) is 22.6. The molecule has 16 nitrogen and oxygen atoms in total. The maximum atomic E-state index is 11.1. The number of aliphatic hydroxyl groups excluding tert-OH is 1. The minimum Gasteiger partial charge on any atom is -0.491 e. The minimum absolute atomic E-state index is 0.0392. The molecule has 19 heteroatoms. The van der Waals surface area contributed by atoms with Gasteiger partial charge < -0.3 is 29.5 Å². The normalized spacial score (nSPS) is 16.3. The van der Waals surface area contributed by atoms with Crippen LogP contribution in [0.2, 0.25) is 0 Å². The third-order valence-electron chi connectivity index (χ3n) is 5.79. The van der Waals surface area contributed by atoms with E-state index in [9.17, 15) is 25.3 Å². The van der Waals surface area contributed by atoms with E-state index in [0.29, 0.717) is 12.3 Å². The lowest BCUT2D eigenvalue weighted by Gasteiger charge is -2.28. The topological polar surface area (TPSA) is 244 Å². The number of nitrogens with one attached hydrogen (secondary N) is 2. The maximum Gasteiger partial charge on any atom is 0.264 e. The fourth-order valence-electron chi connectivity index (χ4n) is 3.78. The summed E-state index contributed by atoms with van der Waals surface area (Å²) < 4.78 is 111. The van der Waals surface area contributed by atoms with Crippen LogP contribution in [0, 0.1) is 0 Å². The van der Waals surface area contributed by atoms with Crippen molar-refractivity contribution in [2.45, 2.75) is 63.9 Å². The molecule has 1 rings (SSSR count). The Hall–Kier alpha value is -1.55. The molecule has 0 aromatic heterocycles. The van der Waals surface area contributed by atoms with Crippen molar-refractivity contribution in [3.05, 3.63) is 23.4 Å². The van der Waals surface area contributed by atoms with E-state index in [1.165, 1.54) is 6.08 Å². The fraction of sp³-hybridized carbons (Fsp3) is 0.833. The molecule has 0 radical (unpaired) electrons. The Bertz CT molecular complexity index is 1170. The molecule has 1 atom stereocenters. The summed E-state index contributed by atoms with van der Waals surface area (Å²) in [5, 5.41) is 12.1. The first-order valence-electron chi connectivity index (χ1n) is 14.1. The van der Waals surface area contributed by atoms with Gasteiger partial charge in [-0.2, -0.15) is 30.7 Å². The maximum absolute atomic E-state index is 11.1. The number of aliphatic hydroxyl groups is 1. The van der Waals surface area contributed by atoms with E-state index >= 15 is 0 Å². The van der Waals surface area contributed by atoms with Crippen LogP contribution in [0.3, 0.4) is 0 Å². The lowest BCUT2D eigenvalue weighted by Crippen LogP contribution is -2.29. The van der Waals surface area contributed by atoms with E-state index in [1.807, 2.05) is 0 Å². The first-order valence-corrected chi connectivity index (χ1v) is 18.9. The van der Waals surface area contributed by atoms with Crippen LogP contribution < -0.4 is 10.8 Å². The van der Waals surface area contributed by atoms with Crippen molar-refractivity contribution in [2.24, 2.45) is 0 Å². The van der Waals surface area contributed by atoms with Gasteiger partial charge >= 0.3 is 0 Å². The minimum atomic E-state index is -4.22. The zero-order chi connectivity index (χ0) is 32.2. The molecule has 0 spiro atoms. The number of ether oxygens (including phenoxy) is 3. The summed E-state index contributed by atoms with van der Waals surface area (Å²) in [5.74, 6) is -1.09. The Morgan fingerprint density at radius 1 is 0.698 bits per heavy atom. The molecule has 43 heavy (non-hydrogen) atoms. The molecule has 0 aromatic carbocycles. The number of unbranched alkanes of at least 4 members (excludes halogenated alkanes) is 3. The Balaban J connectivity index is 2.85. The van der Waals surface area contributed by atoms with Gasteiger partial charge in [0.2, 0.25) is 0 Å². The number of hydrogen-bond acceptors (Lipinski definition) is 13. The monoisotopic (exact) mass is 682 g/mol. The number of rotatable bonds is 27. The Labute approximate surface area is 254 Å². The van der Waals surface area contributed by atoms with Crippen LogP contribution in [0.1, 0.15) is 57.8 Å². The van der Waals surface area contributed by atoms with Gasteiger partial charge in [0.15, 0.2) is 11.5 Å². The molecule has 0 aromatic rings. The molecule has 6 N–H and O–H groups in total. The zero-order valence-corrected chi connectivity index (χ0v) is 26.6. The summed E-state index contributed by atoms with van der Waals surface area (Å²) in [6.45, 7) is 1.90. The van der Waals surface area contributed by atoms with Gasteiger partial charge in [-0.3, -0.25) is 13.7 Å². The molecule has 0 amide bonds. The largest absolute Gasteiger partial charge is 0.491 e. The molecule has 0 bridgehead atoms. The highest BCUT2D eigenvalue weighted by atomic mass is 32.2. The van der Waals surface area contributed by atoms with Crippen molar-refractivity contribution in [1.82, 2.24) is 10.8 Å². The van der Waals surface area contributed by atoms with Crippen molar-refractivity contribution in [2.75, 3.05) is 63.3 Å². The van der Waals surface area contributed by atoms with Crippen molar-refractivity contribution in [3.63, 3.8) is 0 Å². The summed E-state index contributed by atoms with van der Waals surface area (Å²) in [7, 11) is -12.6. The molecule has 0 heterocycles. The first kappa shape index (κ1) is 39.5. The first-order chi connectivity index (χ1) is 20.2. The molecule has 1 aliphatic carbocycles. The van der Waals surface area contributed by atoms with Gasteiger partial charge in [-0.1, -0.05) is 12.8 Å². The molecule has 0 saturated carbocycles. The SMILES string of the molecule is O=S(=O)(O)CCCOC1=C(OCCCS(=O)(=O)O)C(OCCCS(=O)(=O)O)CC(ONCCCNCCCCCCO)=C1. The van der Waals surface area contributed by atoms with Gasteiger partial charge in [0.25, 0.3) is 30.4 Å². The summed E-state index contributed by atoms with van der Waals surface area (Å²) in [4.78, 5) is 5.68. The fourth-order valence-corrected chi connectivity index (χ4v) is 5.22. The van der Waals surface area contributed by atoms with Crippen molar-refractivity contribution >= 4 is 30.4 Å². The summed E-state index contributed by atoms with van der Waals surface area (Å²) in [5.41, 5.74) is 2.84. The van der Waals surface area contributed by atoms with Crippen LogP contribution in [-0.4, -0.2) is 113 Å². The van der Waals surface area contributed by atoms with Crippen molar-refractivity contribution < 1.29 is 63.1 Å². The molecule has 0 aliphatic heterocycles. The van der Waals surface area contributed by atoms with E-state index < -0.39 is 53.7 Å². The van der Waals surface area contributed by atoms with Gasteiger partial charge in [0.1, 0.15) is 11.9 Å². The molecular weight excluding hydrogens is 636 g/mol. The highest BCUT2D eigenvalue weighted by Crippen LogP contribution is 2.29. The predicted octanol–water partition coefficient (Wildman–Crippen LogP) is 0.791. The second kappa shape index (κ2) is 21.2. The second-order valence-electron chi connectivity index (χ2n) is 9.76. The summed E-state index contributed by atoms with van der Waals surface area (Å²) in [6, 6.07) is 0. The van der Waals surface area contributed by atoms with E-state index in [-0.39, 0.29) is 63.6 Å². The quantitative estimate of drug-likeness (QED) is 0.0398. The average molecular weight is 683 g/mol. The lowest BCUT2D eigenvalue weighted by atomic mass is 10.1. The zero-order valence-electron chi connectivity index (χ0n) is 24.2. The van der Waals surface area contributed by atoms with Gasteiger partial charge in [0, 0.05) is 32.3 Å². The predicted molar refractivity (Wildman–Crippen MR) is 157 cm³/mol. The Morgan fingerprint density at radius 2 is 1.26 bits per heavy atom. The molecule has 254 valence electrons. The summed E-state index contributed by atoms with van der Waals surface area (Å²) >= 11 is 0. The molecule has 0 fully saturated rings. The second-order valence-corrected chi connectivity index (χ2v) is 14.5. The van der Waals surface area contributed by atoms with Crippen LogP contribution in [0.15, 0.2) is 23.4 Å². The van der Waals surface area contributed by atoms with Gasteiger partial charge in [-0.25, -0.2) is 0 Å². The van der Waals surface area contributed by atoms with E-state index in [4.69, 9.17) is 37.8 Å². The standard InChI is InChI=1S/C24H46N2O14S3/c27-12-4-2-1-3-9-25-10-5-11-26-40-21-19-22(37-13-6-16-41(28,29)30)24(39-15-8-18-43(34,35)36)23(20-21)38-14-7-17-42(31,32)33/h19,23,25-27H,1-18,20H2,(H,28,29,30)(H,31,32,33)(H,34,35,36). The van der Waals surface area contributed by atoms with Gasteiger partial charge in [-0.05, 0) is 51.6 Å². The highest BCUT2D eigenvalue weighted by molar-refractivity contribution is 7.86. The third-order valence-corrected chi connectivity index (χ3v) is 8.20. The number of allylic oxidation sites excluding steroid dienone is 1. The average Bonchev–Trinajstić information content (AvgIpc) is 2.89. The Morgan fingerprint density at radius 3 is 1.86 bits per heavy atom. The highest BCUT2D eigenvalue weighted by Gasteiger charge is 2.29. The van der Waals surface area contributed by atoms with Crippen LogP contribution >= 0.6 is 0 Å².